The van der Waals surface area contributed by atoms with Gasteiger partial charge in [-0.25, -0.2) is 9.37 Å². The highest BCUT2D eigenvalue weighted by Gasteiger charge is 2.12. The molecule has 0 spiro atoms. The van der Waals surface area contributed by atoms with Crippen LogP contribution in [-0.2, 0) is 11.3 Å². The van der Waals surface area contributed by atoms with Crippen molar-refractivity contribution < 1.29 is 13.9 Å². The normalized spacial score (nSPS) is 12.7. The lowest BCUT2D eigenvalue weighted by Gasteiger charge is -2.21. The Morgan fingerprint density at radius 2 is 2.07 bits per heavy atom. The molecule has 0 aliphatic rings. The highest BCUT2D eigenvalue weighted by Crippen LogP contribution is 2.20. The Bertz CT molecular complexity index is 736. The van der Waals surface area contributed by atoms with Crippen molar-refractivity contribution in [2.24, 2.45) is 4.99 Å². The third-order valence-corrected chi connectivity index (χ3v) is 5.23. The van der Waals surface area contributed by atoms with Gasteiger partial charge in [-0.1, -0.05) is 0 Å². The SMILES string of the molecule is CN=C(NCCCCOc1ccc(F)cc1)N(C)Cc1csc(C(C)OC)n1. The minimum atomic E-state index is -0.255. The number of ether oxygens (including phenoxy) is 2. The third kappa shape index (κ3) is 7.09. The number of aromatic nitrogens is 1. The maximum Gasteiger partial charge on any atom is 0.193 e. The zero-order chi connectivity index (χ0) is 20.4. The predicted octanol–water partition coefficient (Wildman–Crippen LogP) is 3.86. The summed E-state index contributed by atoms with van der Waals surface area (Å²) < 4.78 is 23.8. The molecule has 0 amide bonds. The lowest BCUT2D eigenvalue weighted by Crippen LogP contribution is -2.39. The lowest BCUT2D eigenvalue weighted by molar-refractivity contribution is 0.119. The Labute approximate surface area is 170 Å². The van der Waals surface area contributed by atoms with E-state index in [0.29, 0.717) is 18.9 Å². The summed E-state index contributed by atoms with van der Waals surface area (Å²) in [5.74, 6) is 1.26. The van der Waals surface area contributed by atoms with Gasteiger partial charge in [0.05, 0.1) is 18.8 Å². The maximum absolute atomic E-state index is 12.9. The largest absolute Gasteiger partial charge is 0.494 e. The molecule has 154 valence electrons. The molecule has 2 aromatic rings. The molecule has 1 atom stereocenters. The average Bonchev–Trinajstić information content (AvgIpc) is 3.16. The van der Waals surface area contributed by atoms with Gasteiger partial charge in [-0.15, -0.1) is 11.3 Å². The predicted molar refractivity (Wildman–Crippen MR) is 111 cm³/mol. The summed E-state index contributed by atoms with van der Waals surface area (Å²) in [6.45, 7) is 4.07. The number of hydrogen-bond acceptors (Lipinski definition) is 5. The summed E-state index contributed by atoms with van der Waals surface area (Å²) in [5, 5.41) is 6.40. The van der Waals surface area contributed by atoms with Crippen LogP contribution in [0, 0.1) is 5.82 Å². The van der Waals surface area contributed by atoms with E-state index in [9.17, 15) is 4.39 Å². The number of unbranched alkanes of at least 4 members (excludes halogenated alkanes) is 1. The number of guanidine groups is 1. The second-order valence-electron chi connectivity index (χ2n) is 6.39. The van der Waals surface area contributed by atoms with Crippen molar-refractivity contribution in [1.82, 2.24) is 15.2 Å². The summed E-state index contributed by atoms with van der Waals surface area (Å²) in [5.41, 5.74) is 1.00. The molecule has 0 saturated heterocycles. The first-order valence-electron chi connectivity index (χ1n) is 9.30. The number of methoxy groups -OCH3 is 1. The number of rotatable bonds is 10. The van der Waals surface area contributed by atoms with Gasteiger partial charge in [0.2, 0.25) is 0 Å². The Hall–Kier alpha value is -2.19. The topological polar surface area (TPSA) is 59.0 Å². The maximum atomic E-state index is 12.9. The molecular weight excluding hydrogens is 379 g/mol. The average molecular weight is 409 g/mol. The van der Waals surface area contributed by atoms with Gasteiger partial charge < -0.3 is 19.7 Å². The molecule has 0 radical (unpaired) electrons. The van der Waals surface area contributed by atoms with E-state index >= 15 is 0 Å². The minimum absolute atomic E-state index is 0.0126. The van der Waals surface area contributed by atoms with Crippen molar-refractivity contribution in [3.63, 3.8) is 0 Å². The first kappa shape index (κ1) is 22.1. The summed E-state index contributed by atoms with van der Waals surface area (Å²) in [6, 6.07) is 6.08. The molecule has 1 aromatic carbocycles. The van der Waals surface area contributed by atoms with E-state index < -0.39 is 0 Å². The summed E-state index contributed by atoms with van der Waals surface area (Å²) in [7, 11) is 5.45. The second kappa shape index (κ2) is 11.6. The molecule has 1 aromatic heterocycles. The van der Waals surface area contributed by atoms with Crippen molar-refractivity contribution in [2.45, 2.75) is 32.4 Å². The number of thiazole rings is 1. The van der Waals surface area contributed by atoms with Gasteiger partial charge in [0.1, 0.15) is 22.7 Å². The van der Waals surface area contributed by atoms with E-state index in [4.69, 9.17) is 9.47 Å². The van der Waals surface area contributed by atoms with Gasteiger partial charge in [-0.2, -0.15) is 0 Å². The Kier molecular flexibility index (Phi) is 9.16. The van der Waals surface area contributed by atoms with Crippen molar-refractivity contribution in [2.75, 3.05) is 34.4 Å². The first-order valence-corrected chi connectivity index (χ1v) is 10.2. The fourth-order valence-corrected chi connectivity index (χ4v) is 3.38. The standard InChI is InChI=1S/C20H29FN4O2S/c1-15(26-4)19-24-17(14-28-19)13-25(3)20(22-2)23-11-5-6-12-27-18-9-7-16(21)8-10-18/h7-10,14-15H,5-6,11-13H2,1-4H3,(H,22,23). The Morgan fingerprint density at radius 3 is 2.75 bits per heavy atom. The molecule has 1 unspecified atom stereocenters. The van der Waals surface area contributed by atoms with Gasteiger partial charge in [-0.05, 0) is 44.0 Å². The van der Waals surface area contributed by atoms with Crippen LogP contribution in [0.3, 0.4) is 0 Å². The molecule has 1 N–H and O–H groups in total. The third-order valence-electron chi connectivity index (χ3n) is 4.18. The molecule has 0 aliphatic heterocycles. The van der Waals surface area contributed by atoms with Gasteiger partial charge in [0.15, 0.2) is 5.96 Å². The molecule has 0 fully saturated rings. The molecule has 0 aliphatic carbocycles. The number of halogens is 1. The van der Waals surface area contributed by atoms with Crippen molar-refractivity contribution >= 4 is 17.3 Å². The number of nitrogens with zero attached hydrogens (tertiary/aromatic N) is 3. The number of aliphatic imine (C=N–C) groups is 1. The van der Waals surface area contributed by atoms with Crippen molar-refractivity contribution in [3.05, 3.63) is 46.2 Å². The minimum Gasteiger partial charge on any atom is -0.494 e. The molecule has 2 rings (SSSR count). The van der Waals surface area contributed by atoms with Gasteiger partial charge in [0, 0.05) is 33.1 Å². The van der Waals surface area contributed by atoms with Crippen LogP contribution in [-0.4, -0.2) is 50.2 Å². The van der Waals surface area contributed by atoms with Crippen LogP contribution in [0.4, 0.5) is 4.39 Å². The number of hydrogen-bond donors (Lipinski definition) is 1. The molecule has 1 heterocycles. The van der Waals surface area contributed by atoms with Crippen molar-refractivity contribution in [1.29, 1.82) is 0 Å². The van der Waals surface area contributed by atoms with E-state index in [1.54, 1.807) is 37.6 Å². The zero-order valence-corrected chi connectivity index (χ0v) is 17.8. The fourth-order valence-electron chi connectivity index (χ4n) is 2.53. The van der Waals surface area contributed by atoms with E-state index in [-0.39, 0.29) is 11.9 Å². The highest BCUT2D eigenvalue weighted by atomic mass is 32.1. The quantitative estimate of drug-likeness (QED) is 0.368. The van der Waals surface area contributed by atoms with Crippen LogP contribution in [0.5, 0.6) is 5.75 Å². The van der Waals surface area contributed by atoms with E-state index in [1.807, 2.05) is 18.9 Å². The molecule has 8 heteroatoms. The lowest BCUT2D eigenvalue weighted by atomic mass is 10.3. The Balaban J connectivity index is 1.67. The van der Waals surface area contributed by atoms with Gasteiger partial charge in [0.25, 0.3) is 0 Å². The molecule has 6 nitrogen and oxygen atoms in total. The van der Waals surface area contributed by atoms with Crippen LogP contribution in [0.15, 0.2) is 34.6 Å². The second-order valence-corrected chi connectivity index (χ2v) is 7.28. The molecule has 28 heavy (non-hydrogen) atoms. The van der Waals surface area contributed by atoms with Crippen LogP contribution in [0.1, 0.15) is 36.6 Å². The summed E-state index contributed by atoms with van der Waals surface area (Å²) >= 11 is 1.61. The van der Waals surface area contributed by atoms with Crippen molar-refractivity contribution in [3.8, 4) is 5.75 Å². The van der Waals surface area contributed by atoms with E-state index in [1.165, 1.54) is 12.1 Å². The Morgan fingerprint density at radius 1 is 1.32 bits per heavy atom. The van der Waals surface area contributed by atoms with Gasteiger partial charge in [-0.3, -0.25) is 4.99 Å². The highest BCUT2D eigenvalue weighted by molar-refractivity contribution is 7.09. The van der Waals surface area contributed by atoms with Crippen LogP contribution in [0.25, 0.3) is 0 Å². The van der Waals surface area contributed by atoms with Gasteiger partial charge >= 0.3 is 0 Å². The number of nitrogens with one attached hydrogen (secondary N) is 1. The first-order chi connectivity index (χ1) is 13.5. The molecule has 0 saturated carbocycles. The summed E-state index contributed by atoms with van der Waals surface area (Å²) in [6.07, 6.45) is 1.86. The van der Waals surface area contributed by atoms with Crippen LogP contribution >= 0.6 is 11.3 Å². The smallest absolute Gasteiger partial charge is 0.193 e. The summed E-state index contributed by atoms with van der Waals surface area (Å²) in [4.78, 5) is 11.0. The molecular formula is C20H29FN4O2S. The zero-order valence-electron chi connectivity index (χ0n) is 16.9. The van der Waals surface area contributed by atoms with Crippen LogP contribution < -0.4 is 10.1 Å². The number of benzene rings is 1. The van der Waals surface area contributed by atoms with E-state index in [0.717, 1.165) is 36.0 Å². The van der Waals surface area contributed by atoms with E-state index in [2.05, 4.69) is 20.7 Å². The fraction of sp³-hybridized carbons (Fsp3) is 0.500. The molecule has 0 bridgehead atoms. The van der Waals surface area contributed by atoms with Crippen LogP contribution in [0.2, 0.25) is 0 Å². The monoisotopic (exact) mass is 408 g/mol.